The Hall–Kier alpha value is -0.980. The van der Waals surface area contributed by atoms with Gasteiger partial charge in [0.2, 0.25) is 5.82 Å². The van der Waals surface area contributed by atoms with E-state index in [-0.39, 0.29) is 4.47 Å². The molecule has 84 valence electrons. The Labute approximate surface area is 95.1 Å². The third-order valence-electron chi connectivity index (χ3n) is 1.34. The number of hydrogen-bond acceptors (Lipinski definition) is 2. The molecule has 0 amide bonds. The van der Waals surface area contributed by atoms with Crippen molar-refractivity contribution in [3.63, 3.8) is 0 Å². The molecule has 0 unspecified atom stereocenters. The molecule has 2 nitrogen and oxygen atoms in total. The van der Waals surface area contributed by atoms with E-state index in [1.54, 1.807) is 0 Å². The second-order valence-electron chi connectivity index (χ2n) is 2.34. The summed E-state index contributed by atoms with van der Waals surface area (Å²) in [7, 11) is -3.00. The maximum Gasteiger partial charge on any atom is 0.573 e. The summed E-state index contributed by atoms with van der Waals surface area (Å²) < 4.78 is 77.2. The van der Waals surface area contributed by atoms with Gasteiger partial charge in [-0.25, -0.2) is 0 Å². The van der Waals surface area contributed by atoms with Gasteiger partial charge in [-0.05, 0) is 28.1 Å². The summed E-state index contributed by atoms with van der Waals surface area (Å²) >= 11 is 2.76. The van der Waals surface area contributed by atoms with E-state index in [0.29, 0.717) is 6.07 Å². The van der Waals surface area contributed by atoms with Gasteiger partial charge in [0.1, 0.15) is 0 Å². The number of benzene rings is 1. The molecular weight excluding hydrogens is 284 g/mol. The molecule has 0 fully saturated rings. The average molecular weight is 292 g/mol. The van der Waals surface area contributed by atoms with Gasteiger partial charge >= 0.3 is 6.36 Å². The van der Waals surface area contributed by atoms with E-state index in [1.165, 1.54) is 0 Å². The highest BCUT2D eigenvalue weighted by atomic mass is 79.9. The monoisotopic (exact) mass is 291 g/mol. The summed E-state index contributed by atoms with van der Waals surface area (Å²) in [6.45, 7) is 0. The van der Waals surface area contributed by atoms with Crippen LogP contribution in [-0.4, -0.2) is 13.4 Å². The minimum atomic E-state index is -5.09. The van der Waals surface area contributed by atoms with Crippen molar-refractivity contribution in [2.75, 3.05) is 7.04 Å². The van der Waals surface area contributed by atoms with Crippen LogP contribution < -0.4 is 9.47 Å². The van der Waals surface area contributed by atoms with Crippen molar-refractivity contribution in [3.05, 3.63) is 22.4 Å². The normalized spacial score (nSPS) is 15.1. The molecule has 0 bridgehead atoms. The van der Waals surface area contributed by atoms with Gasteiger partial charge in [0.25, 0.3) is 0 Å². The minimum absolute atomic E-state index is 0.148. The third kappa shape index (κ3) is 2.98. The summed E-state index contributed by atoms with van der Waals surface area (Å²) in [4.78, 5) is 0. The van der Waals surface area contributed by atoms with Gasteiger partial charge in [-0.3, -0.25) is 0 Å². The molecule has 15 heavy (non-hydrogen) atoms. The zero-order valence-corrected chi connectivity index (χ0v) is 8.45. The highest BCUT2D eigenvalue weighted by molar-refractivity contribution is 9.10. The van der Waals surface area contributed by atoms with Gasteiger partial charge < -0.3 is 9.47 Å². The van der Waals surface area contributed by atoms with Crippen LogP contribution in [-0.2, 0) is 0 Å². The SMILES string of the molecule is [2H]C([2H])([2H])Oc1c(Br)ccc(OC(F)(F)F)c1F. The Balaban J connectivity index is 3.15. The predicted octanol–water partition coefficient (Wildman–Crippen LogP) is 3.50. The molecule has 0 radical (unpaired) electrons. The lowest BCUT2D eigenvalue weighted by Crippen LogP contribution is -2.18. The standard InChI is InChI=1S/C8H5BrF4O2/c1-14-7-4(9)2-3-5(6(7)10)15-8(11,12)13/h2-3H,1H3/i1D3. The Morgan fingerprint density at radius 2 is 2.07 bits per heavy atom. The number of methoxy groups -OCH3 is 1. The average Bonchev–Trinajstić information content (AvgIpc) is 2.14. The smallest absolute Gasteiger partial charge is 0.492 e. The molecule has 0 heterocycles. The van der Waals surface area contributed by atoms with Crippen molar-refractivity contribution in [2.45, 2.75) is 6.36 Å². The lowest BCUT2D eigenvalue weighted by molar-refractivity contribution is -0.275. The summed E-state index contributed by atoms with van der Waals surface area (Å²) in [6.07, 6.45) is -5.09. The van der Waals surface area contributed by atoms with Crippen LogP contribution in [0.3, 0.4) is 0 Å². The van der Waals surface area contributed by atoms with Crippen LogP contribution in [0.4, 0.5) is 17.6 Å². The van der Waals surface area contributed by atoms with E-state index in [2.05, 4.69) is 25.4 Å². The number of alkyl halides is 3. The number of rotatable bonds is 2. The van der Waals surface area contributed by atoms with Crippen molar-refractivity contribution >= 4 is 15.9 Å². The lowest BCUT2D eigenvalue weighted by atomic mass is 10.3. The number of halogens is 5. The van der Waals surface area contributed by atoms with E-state index >= 15 is 0 Å². The van der Waals surface area contributed by atoms with E-state index in [4.69, 9.17) is 4.11 Å². The largest absolute Gasteiger partial charge is 0.573 e. The maximum absolute atomic E-state index is 13.6. The van der Waals surface area contributed by atoms with Crippen LogP contribution >= 0.6 is 15.9 Å². The Morgan fingerprint density at radius 1 is 1.40 bits per heavy atom. The highest BCUT2D eigenvalue weighted by Gasteiger charge is 2.33. The summed E-state index contributed by atoms with van der Waals surface area (Å²) in [5.74, 6) is -3.61. The topological polar surface area (TPSA) is 18.5 Å². The van der Waals surface area contributed by atoms with Crippen LogP contribution in [0.15, 0.2) is 16.6 Å². The van der Waals surface area contributed by atoms with Gasteiger partial charge in [-0.1, -0.05) is 0 Å². The quantitative estimate of drug-likeness (QED) is 0.777. The second-order valence-corrected chi connectivity index (χ2v) is 3.19. The third-order valence-corrected chi connectivity index (χ3v) is 1.97. The first kappa shape index (κ1) is 8.20. The van der Waals surface area contributed by atoms with Crippen LogP contribution in [0.1, 0.15) is 4.11 Å². The Morgan fingerprint density at radius 3 is 2.60 bits per heavy atom. The molecule has 0 aliphatic rings. The molecular formula is C8H5BrF4O2. The minimum Gasteiger partial charge on any atom is -0.492 e. The van der Waals surface area contributed by atoms with Crippen LogP contribution in [0, 0.1) is 5.82 Å². The molecule has 0 aromatic heterocycles. The number of ether oxygens (including phenoxy) is 2. The molecule has 1 rings (SSSR count). The van der Waals surface area contributed by atoms with Gasteiger partial charge in [0.15, 0.2) is 11.5 Å². The van der Waals surface area contributed by atoms with Crippen molar-refractivity contribution in [1.29, 1.82) is 0 Å². The molecule has 1 aromatic carbocycles. The van der Waals surface area contributed by atoms with Crippen molar-refractivity contribution in [3.8, 4) is 11.5 Å². The number of hydrogen-bond donors (Lipinski definition) is 0. The van der Waals surface area contributed by atoms with E-state index in [1.807, 2.05) is 0 Å². The van der Waals surface area contributed by atoms with Gasteiger partial charge in [-0.15, -0.1) is 13.2 Å². The van der Waals surface area contributed by atoms with E-state index < -0.39 is 30.7 Å². The first-order valence-corrected chi connectivity index (χ1v) is 4.22. The molecule has 0 atom stereocenters. The molecule has 0 N–H and O–H groups in total. The van der Waals surface area contributed by atoms with E-state index in [9.17, 15) is 17.6 Å². The summed E-state index contributed by atoms with van der Waals surface area (Å²) in [5, 5.41) is 0. The predicted molar refractivity (Wildman–Crippen MR) is 47.3 cm³/mol. The highest BCUT2D eigenvalue weighted by Crippen LogP contribution is 2.36. The molecule has 0 aliphatic heterocycles. The Bertz CT molecular complexity index is 447. The second kappa shape index (κ2) is 4.26. The maximum atomic E-state index is 13.6. The fourth-order valence-electron chi connectivity index (χ4n) is 0.811. The molecule has 0 spiro atoms. The lowest BCUT2D eigenvalue weighted by Gasteiger charge is -2.12. The molecule has 0 aliphatic carbocycles. The van der Waals surface area contributed by atoms with Gasteiger partial charge in [0.05, 0.1) is 15.6 Å². The van der Waals surface area contributed by atoms with Crippen molar-refractivity contribution in [2.24, 2.45) is 0 Å². The molecule has 1 aromatic rings. The van der Waals surface area contributed by atoms with Gasteiger partial charge in [-0.2, -0.15) is 4.39 Å². The van der Waals surface area contributed by atoms with Crippen molar-refractivity contribution < 1.29 is 31.1 Å². The first-order valence-electron chi connectivity index (χ1n) is 4.92. The first-order chi connectivity index (χ1) is 7.99. The molecule has 0 saturated heterocycles. The van der Waals surface area contributed by atoms with E-state index in [0.717, 1.165) is 6.07 Å². The zero-order valence-electron chi connectivity index (χ0n) is 9.86. The molecule has 0 saturated carbocycles. The fourth-order valence-corrected chi connectivity index (χ4v) is 1.20. The van der Waals surface area contributed by atoms with Crippen LogP contribution in [0.2, 0.25) is 0 Å². The van der Waals surface area contributed by atoms with Gasteiger partial charge in [0, 0.05) is 0 Å². The van der Waals surface area contributed by atoms with Crippen LogP contribution in [0.5, 0.6) is 11.5 Å². The summed E-state index contributed by atoms with van der Waals surface area (Å²) in [5.41, 5.74) is 0. The molecule has 7 heteroatoms. The van der Waals surface area contributed by atoms with Crippen molar-refractivity contribution in [1.82, 2.24) is 0 Å². The van der Waals surface area contributed by atoms with Crippen LogP contribution in [0.25, 0.3) is 0 Å². The Kier molecular flexibility index (Phi) is 2.33. The fraction of sp³-hybridized carbons (Fsp3) is 0.250. The summed E-state index contributed by atoms with van der Waals surface area (Å²) in [6, 6.07) is 1.67. The zero-order chi connectivity index (χ0) is 14.1.